The van der Waals surface area contributed by atoms with Crippen molar-refractivity contribution in [3.8, 4) is 11.3 Å². The summed E-state index contributed by atoms with van der Waals surface area (Å²) in [7, 11) is 0. The van der Waals surface area contributed by atoms with Gasteiger partial charge in [0.2, 0.25) is 0 Å². The highest BCUT2D eigenvalue weighted by Crippen LogP contribution is 2.24. The molecular formula is C17H11F4N3. The van der Waals surface area contributed by atoms with Gasteiger partial charge in [0, 0.05) is 16.5 Å². The summed E-state index contributed by atoms with van der Waals surface area (Å²) in [5.41, 5.74) is 3.34. The van der Waals surface area contributed by atoms with Gasteiger partial charge in [0.1, 0.15) is 5.82 Å². The summed E-state index contributed by atoms with van der Waals surface area (Å²) >= 11 is 0. The SMILES string of the molecule is Fc1ccc(-c2cc(C=NNC(F)(F)F)c3ccccc3n2)cc1. The van der Waals surface area contributed by atoms with Gasteiger partial charge in [0.25, 0.3) is 0 Å². The van der Waals surface area contributed by atoms with Crippen LogP contribution in [0.5, 0.6) is 0 Å². The van der Waals surface area contributed by atoms with Gasteiger partial charge in [-0.15, -0.1) is 13.2 Å². The van der Waals surface area contributed by atoms with Crippen molar-refractivity contribution >= 4 is 17.1 Å². The number of pyridine rings is 1. The number of rotatable bonds is 3. The van der Waals surface area contributed by atoms with Crippen molar-refractivity contribution in [2.24, 2.45) is 5.10 Å². The van der Waals surface area contributed by atoms with Crippen molar-refractivity contribution in [1.82, 2.24) is 10.4 Å². The number of aromatic nitrogens is 1. The number of nitrogens with one attached hydrogen (secondary N) is 1. The lowest BCUT2D eigenvalue weighted by Crippen LogP contribution is -2.26. The molecule has 0 atom stereocenters. The molecule has 0 aliphatic carbocycles. The number of alkyl halides is 3. The molecule has 0 amide bonds. The number of nitrogens with zero attached hydrogens (tertiary/aromatic N) is 2. The summed E-state index contributed by atoms with van der Waals surface area (Å²) < 4.78 is 49.6. The number of hydrogen-bond acceptors (Lipinski definition) is 3. The largest absolute Gasteiger partial charge is 0.497 e. The lowest BCUT2D eigenvalue weighted by molar-refractivity contribution is -0.156. The smallest absolute Gasteiger partial charge is 0.248 e. The molecule has 0 aliphatic heterocycles. The van der Waals surface area contributed by atoms with E-state index in [2.05, 4.69) is 10.1 Å². The Kier molecular flexibility index (Phi) is 4.16. The molecule has 0 unspecified atom stereocenters. The maximum Gasteiger partial charge on any atom is 0.497 e. The highest BCUT2D eigenvalue weighted by Gasteiger charge is 2.25. The van der Waals surface area contributed by atoms with E-state index >= 15 is 0 Å². The second-order valence-electron chi connectivity index (χ2n) is 4.99. The monoisotopic (exact) mass is 333 g/mol. The molecule has 0 saturated heterocycles. The Bertz CT molecular complexity index is 886. The zero-order valence-corrected chi connectivity index (χ0v) is 12.2. The van der Waals surface area contributed by atoms with Crippen molar-refractivity contribution in [2.45, 2.75) is 6.30 Å². The van der Waals surface area contributed by atoms with Gasteiger partial charge in [-0.2, -0.15) is 5.10 Å². The van der Waals surface area contributed by atoms with E-state index in [4.69, 9.17) is 0 Å². The average Bonchev–Trinajstić information content (AvgIpc) is 2.54. The number of hydrazone groups is 1. The van der Waals surface area contributed by atoms with E-state index in [1.165, 1.54) is 12.1 Å². The Morgan fingerprint density at radius 1 is 1.00 bits per heavy atom. The Balaban J connectivity index is 2.07. The molecule has 3 nitrogen and oxygen atoms in total. The van der Waals surface area contributed by atoms with E-state index in [1.807, 2.05) is 0 Å². The first kappa shape index (κ1) is 15.9. The second kappa shape index (κ2) is 6.27. The van der Waals surface area contributed by atoms with Gasteiger partial charge in [-0.1, -0.05) is 18.2 Å². The third kappa shape index (κ3) is 3.68. The predicted octanol–water partition coefficient (Wildman–Crippen LogP) is 4.48. The molecular weight excluding hydrogens is 322 g/mol. The van der Waals surface area contributed by atoms with E-state index in [0.717, 1.165) is 11.6 Å². The highest BCUT2D eigenvalue weighted by atomic mass is 19.4. The van der Waals surface area contributed by atoms with Crippen molar-refractivity contribution in [3.05, 3.63) is 66.0 Å². The fourth-order valence-corrected chi connectivity index (χ4v) is 2.25. The van der Waals surface area contributed by atoms with Gasteiger partial charge in [0.15, 0.2) is 0 Å². The molecule has 3 aromatic rings. The zero-order chi connectivity index (χ0) is 17.2. The standard InChI is InChI=1S/C17H11F4N3/c18-13-7-5-11(6-8-13)16-9-12(10-22-24-17(19,20)21)14-3-1-2-4-15(14)23-16/h1-10,24H. The quantitative estimate of drug-likeness (QED) is 0.332. The topological polar surface area (TPSA) is 37.3 Å². The maximum atomic E-state index is 13.1. The molecule has 3 rings (SSSR count). The Hall–Kier alpha value is -2.96. The molecule has 0 spiro atoms. The highest BCUT2D eigenvalue weighted by molar-refractivity contribution is 5.99. The van der Waals surface area contributed by atoms with Crippen LogP contribution in [0.25, 0.3) is 22.2 Å². The van der Waals surface area contributed by atoms with Gasteiger partial charge < -0.3 is 0 Å². The van der Waals surface area contributed by atoms with Crippen LogP contribution >= 0.6 is 0 Å². The van der Waals surface area contributed by atoms with E-state index < -0.39 is 6.30 Å². The van der Waals surface area contributed by atoms with Gasteiger partial charge in [0.05, 0.1) is 17.4 Å². The third-order valence-electron chi connectivity index (χ3n) is 3.28. The number of fused-ring (bicyclic) bond motifs is 1. The van der Waals surface area contributed by atoms with Crippen LogP contribution < -0.4 is 5.43 Å². The maximum absolute atomic E-state index is 13.1. The molecule has 7 heteroatoms. The van der Waals surface area contributed by atoms with E-state index in [-0.39, 0.29) is 5.82 Å². The van der Waals surface area contributed by atoms with E-state index in [9.17, 15) is 17.6 Å². The number of halogens is 4. The first-order valence-corrected chi connectivity index (χ1v) is 6.95. The number of benzene rings is 2. The molecule has 0 aliphatic rings. The van der Waals surface area contributed by atoms with Crippen LogP contribution in [0.3, 0.4) is 0 Å². The molecule has 1 heterocycles. The fourth-order valence-electron chi connectivity index (χ4n) is 2.25. The van der Waals surface area contributed by atoms with Crippen LogP contribution in [-0.4, -0.2) is 17.5 Å². The van der Waals surface area contributed by atoms with Crippen LogP contribution in [0.2, 0.25) is 0 Å². The molecule has 0 bridgehead atoms. The molecule has 122 valence electrons. The minimum atomic E-state index is -4.60. The average molecular weight is 333 g/mol. The fraction of sp³-hybridized carbons (Fsp3) is 0.0588. The van der Waals surface area contributed by atoms with Crippen LogP contribution in [0.15, 0.2) is 59.7 Å². The molecule has 0 fully saturated rings. The zero-order valence-electron chi connectivity index (χ0n) is 12.2. The number of para-hydroxylation sites is 1. The van der Waals surface area contributed by atoms with E-state index in [1.54, 1.807) is 42.5 Å². The summed E-state index contributed by atoms with van der Waals surface area (Å²) in [6.45, 7) is 0. The van der Waals surface area contributed by atoms with Crippen molar-refractivity contribution in [1.29, 1.82) is 0 Å². The normalized spacial score (nSPS) is 12.0. The molecule has 1 aromatic heterocycles. The molecule has 0 saturated carbocycles. The van der Waals surface area contributed by atoms with Crippen LogP contribution in [0.4, 0.5) is 17.6 Å². The van der Waals surface area contributed by atoms with Crippen molar-refractivity contribution < 1.29 is 17.6 Å². The van der Waals surface area contributed by atoms with Gasteiger partial charge >= 0.3 is 6.30 Å². The van der Waals surface area contributed by atoms with Gasteiger partial charge in [-0.25, -0.2) is 14.8 Å². The summed E-state index contributed by atoms with van der Waals surface area (Å²) in [5.74, 6) is -0.379. The second-order valence-corrected chi connectivity index (χ2v) is 4.99. The Morgan fingerprint density at radius 2 is 1.71 bits per heavy atom. The number of hydrogen-bond donors (Lipinski definition) is 1. The Morgan fingerprint density at radius 3 is 2.42 bits per heavy atom. The van der Waals surface area contributed by atoms with E-state index in [0.29, 0.717) is 27.7 Å². The van der Waals surface area contributed by atoms with Crippen molar-refractivity contribution in [2.75, 3.05) is 0 Å². The summed E-state index contributed by atoms with van der Waals surface area (Å²) in [6.07, 6.45) is -3.51. The molecule has 24 heavy (non-hydrogen) atoms. The minimum Gasteiger partial charge on any atom is -0.248 e. The molecule has 0 radical (unpaired) electrons. The van der Waals surface area contributed by atoms with Crippen molar-refractivity contribution in [3.63, 3.8) is 0 Å². The molecule has 2 aromatic carbocycles. The third-order valence-corrected chi connectivity index (χ3v) is 3.28. The first-order chi connectivity index (χ1) is 11.4. The summed E-state index contributed by atoms with van der Waals surface area (Å²) in [5, 5.41) is 3.89. The summed E-state index contributed by atoms with van der Waals surface area (Å²) in [4.78, 5) is 4.47. The lowest BCUT2D eigenvalue weighted by atomic mass is 10.0. The summed E-state index contributed by atoms with van der Waals surface area (Å²) in [6, 6.07) is 14.3. The first-order valence-electron chi connectivity index (χ1n) is 6.95. The lowest BCUT2D eigenvalue weighted by Gasteiger charge is -2.08. The van der Waals surface area contributed by atoms with Gasteiger partial charge in [-0.05, 0) is 36.4 Å². The molecule has 1 N–H and O–H groups in total. The predicted molar refractivity (Wildman–Crippen MR) is 83.9 cm³/mol. The minimum absolute atomic E-state index is 0.379. The van der Waals surface area contributed by atoms with Crippen LogP contribution in [0, 0.1) is 5.82 Å². The van der Waals surface area contributed by atoms with Crippen LogP contribution in [0.1, 0.15) is 5.56 Å². The van der Waals surface area contributed by atoms with Gasteiger partial charge in [-0.3, -0.25) is 0 Å². The Labute approximate surface area is 134 Å². The van der Waals surface area contributed by atoms with Crippen LogP contribution in [-0.2, 0) is 0 Å².